The van der Waals surface area contributed by atoms with Crippen LogP contribution in [0, 0.1) is 6.85 Å². The molecule has 5 heteroatoms. The van der Waals surface area contributed by atoms with E-state index in [0.29, 0.717) is 5.56 Å². The first-order valence-electron chi connectivity index (χ1n) is 28.6. The molecule has 362 valence electrons. The highest BCUT2D eigenvalue weighted by molar-refractivity contribution is 7.25. The van der Waals surface area contributed by atoms with Crippen molar-refractivity contribution in [2.45, 2.75) is 160 Å². The lowest BCUT2D eigenvalue weighted by Gasteiger charge is -2.51. The van der Waals surface area contributed by atoms with Crippen LogP contribution >= 0.6 is 11.3 Å². The van der Waals surface area contributed by atoms with Gasteiger partial charge >= 0.3 is 0 Å². The maximum Gasteiger partial charge on any atom is 0.252 e. The van der Waals surface area contributed by atoms with E-state index in [1.165, 1.54) is 83.1 Å². The second-order valence-corrected chi connectivity index (χ2v) is 27.0. The number of benzene rings is 7. The number of hydrogen-bond acceptors (Lipinski definition) is 4. The van der Waals surface area contributed by atoms with Crippen molar-refractivity contribution in [1.82, 2.24) is 0 Å². The molecule has 72 heavy (non-hydrogen) atoms. The number of rotatable bonds is 3. The molecule has 0 radical (unpaired) electrons. The molecule has 7 aromatic carbocycles. The molecule has 0 spiro atoms. The van der Waals surface area contributed by atoms with Gasteiger partial charge in [-0.1, -0.05) is 130 Å². The molecule has 3 nitrogen and oxygen atoms in total. The molecule has 14 rings (SSSR count). The highest BCUT2D eigenvalue weighted by atomic mass is 32.1. The molecule has 1 aromatic heterocycles. The molecule has 0 bridgehead atoms. The Morgan fingerprint density at radius 2 is 1.03 bits per heavy atom. The van der Waals surface area contributed by atoms with Crippen molar-refractivity contribution in [3.8, 4) is 0 Å². The summed E-state index contributed by atoms with van der Waals surface area (Å²) in [6, 6.07) is 48.8. The highest BCUT2D eigenvalue weighted by Gasteiger charge is 2.58. The summed E-state index contributed by atoms with van der Waals surface area (Å²) in [5.41, 5.74) is 19.7. The summed E-state index contributed by atoms with van der Waals surface area (Å²) in [5, 5.41) is 2.46. The topological polar surface area (TPSA) is 9.72 Å². The van der Waals surface area contributed by atoms with Crippen LogP contribution in [0.1, 0.15) is 158 Å². The van der Waals surface area contributed by atoms with E-state index in [1.807, 2.05) is 23.5 Å². The molecular formula is C67H70BN3S. The molecule has 2 unspecified atom stereocenters. The third-order valence-corrected chi connectivity index (χ3v) is 21.2. The van der Waals surface area contributed by atoms with Gasteiger partial charge < -0.3 is 14.7 Å². The minimum atomic E-state index is -2.38. The lowest BCUT2D eigenvalue weighted by Crippen LogP contribution is -2.62. The summed E-state index contributed by atoms with van der Waals surface area (Å²) in [6.07, 6.45) is 9.15. The second kappa shape index (κ2) is 14.7. The zero-order valence-electron chi connectivity index (χ0n) is 47.1. The van der Waals surface area contributed by atoms with Gasteiger partial charge in [-0.25, -0.2) is 0 Å². The van der Waals surface area contributed by atoms with Crippen LogP contribution in [-0.2, 0) is 27.1 Å². The summed E-state index contributed by atoms with van der Waals surface area (Å²) in [7, 11) is 0. The smallest absolute Gasteiger partial charge is 0.252 e. The Bertz CT molecular complexity index is 3770. The van der Waals surface area contributed by atoms with E-state index in [4.69, 9.17) is 0 Å². The van der Waals surface area contributed by atoms with Crippen LogP contribution in [0.25, 0.3) is 20.2 Å². The van der Waals surface area contributed by atoms with Crippen molar-refractivity contribution in [2.24, 2.45) is 0 Å². The Labute approximate surface area is 437 Å². The number of anilines is 8. The first-order valence-corrected chi connectivity index (χ1v) is 27.9. The van der Waals surface area contributed by atoms with Crippen molar-refractivity contribution in [3.05, 3.63) is 161 Å². The van der Waals surface area contributed by atoms with E-state index in [1.54, 1.807) is 0 Å². The van der Waals surface area contributed by atoms with Crippen LogP contribution in [0.2, 0.25) is 0 Å². The first-order chi connectivity index (χ1) is 35.5. The molecule has 3 aliphatic heterocycles. The molecular weight excluding hydrogens is 890 g/mol. The Kier molecular flexibility index (Phi) is 8.52. The summed E-state index contributed by atoms with van der Waals surface area (Å²) in [4.78, 5) is 7.66. The lowest BCUT2D eigenvalue weighted by atomic mass is 9.33. The Hall–Kier alpha value is -5.78. The molecule has 4 heterocycles. The van der Waals surface area contributed by atoms with Crippen molar-refractivity contribution >= 4 is 100 Å². The zero-order chi connectivity index (χ0) is 52.1. The van der Waals surface area contributed by atoms with Crippen molar-refractivity contribution in [1.29, 1.82) is 0 Å². The normalized spacial score (nSPS) is 24.3. The Balaban J connectivity index is 1.10. The molecule has 6 aliphatic rings. The molecule has 2 atom stereocenters. The largest absolute Gasteiger partial charge is 0.334 e. The molecule has 0 N–H and O–H groups in total. The van der Waals surface area contributed by atoms with Crippen molar-refractivity contribution < 1.29 is 4.11 Å². The number of nitrogens with zero attached hydrogens (tertiary/aromatic N) is 3. The minimum absolute atomic E-state index is 0.00826. The monoisotopic (exact) mass is 963 g/mol. The van der Waals surface area contributed by atoms with Crippen LogP contribution in [0.5, 0.6) is 0 Å². The summed E-state index contributed by atoms with van der Waals surface area (Å²) < 4.78 is 30.4. The number of fused-ring (bicyclic) bond motifs is 12. The molecule has 0 saturated heterocycles. The standard InChI is InChI=1S/C67H70BN3S/c1-41-34-57-61-58(35-41)70(43-22-25-47-49(37-43)63(4,5)31-30-62(47,2)3)56-40-51-50(64(6,7)32-33-65(51,8)9)39-53(56)68(61)52-26-23-44(71-54-20-14-13-19-48(54)66(10)28-16-17-29-67(66,71)11)38-55(52)69(57)42-24-27-60-46(36-42)45-18-12-15-21-59(45)72-60/h12-15,18-27,34-40H,16-17,28-33H2,1-11H3/i1D3. The number of para-hydroxylation sites is 1. The van der Waals surface area contributed by atoms with E-state index in [2.05, 4.69) is 199 Å². The number of hydrogen-bond donors (Lipinski definition) is 0. The summed E-state index contributed by atoms with van der Waals surface area (Å²) in [6.45, 7) is 21.9. The van der Waals surface area contributed by atoms with Gasteiger partial charge in [0, 0.05) is 75.2 Å². The van der Waals surface area contributed by atoms with Crippen molar-refractivity contribution in [2.75, 3.05) is 14.7 Å². The molecule has 1 fully saturated rings. The second-order valence-electron chi connectivity index (χ2n) is 25.9. The fourth-order valence-corrected chi connectivity index (χ4v) is 16.5. The van der Waals surface area contributed by atoms with Crippen LogP contribution < -0.4 is 31.1 Å². The lowest BCUT2D eigenvalue weighted by molar-refractivity contribution is 0.195. The molecule has 3 aliphatic carbocycles. The van der Waals surface area contributed by atoms with E-state index in [9.17, 15) is 4.11 Å². The van der Waals surface area contributed by atoms with E-state index in [-0.39, 0.29) is 39.3 Å². The average molecular weight is 963 g/mol. The third kappa shape index (κ3) is 5.98. The average Bonchev–Trinajstić information content (AvgIpc) is 3.90. The minimum Gasteiger partial charge on any atom is -0.334 e. The quantitative estimate of drug-likeness (QED) is 0.163. The SMILES string of the molecule is [2H]C([2H])([2H])c1cc2c3c(c1)N(c1ccc4c(c1)C(C)(C)CCC4(C)C)c1cc4c(cc1B3c1ccc(N3c5ccccc5C5(C)CCCCC35C)cc1N2c1ccc2sc3ccccc3c2c1)C(C)(C)CCC4(C)C. The maximum atomic E-state index is 9.31. The summed E-state index contributed by atoms with van der Waals surface area (Å²) in [5.74, 6) is 0. The summed E-state index contributed by atoms with van der Waals surface area (Å²) >= 11 is 1.84. The van der Waals surface area contributed by atoms with Gasteiger partial charge in [0.05, 0.1) is 5.54 Å². The van der Waals surface area contributed by atoms with Gasteiger partial charge in [0.1, 0.15) is 0 Å². The third-order valence-electron chi connectivity index (χ3n) is 20.0. The predicted octanol–water partition coefficient (Wildman–Crippen LogP) is 16.9. The number of thiophene rings is 1. The van der Waals surface area contributed by atoms with Gasteiger partial charge in [-0.2, -0.15) is 0 Å². The fraction of sp³-hybridized carbons (Fsp3) is 0.373. The Morgan fingerprint density at radius 3 is 1.76 bits per heavy atom. The fourth-order valence-electron chi connectivity index (χ4n) is 15.4. The van der Waals surface area contributed by atoms with Crippen LogP contribution in [0.4, 0.5) is 45.5 Å². The molecule has 8 aromatic rings. The zero-order valence-corrected chi connectivity index (χ0v) is 44.9. The van der Waals surface area contributed by atoms with Gasteiger partial charge in [0.2, 0.25) is 0 Å². The van der Waals surface area contributed by atoms with Gasteiger partial charge in [0.25, 0.3) is 6.71 Å². The molecule has 1 saturated carbocycles. The van der Waals surface area contributed by atoms with Gasteiger partial charge in [-0.05, 0) is 197 Å². The first kappa shape index (κ1) is 41.7. The van der Waals surface area contributed by atoms with E-state index < -0.39 is 6.85 Å². The van der Waals surface area contributed by atoms with Crippen LogP contribution in [-0.4, -0.2) is 12.3 Å². The van der Waals surface area contributed by atoms with Crippen LogP contribution in [0.3, 0.4) is 0 Å². The van der Waals surface area contributed by atoms with Gasteiger partial charge in [-0.15, -0.1) is 11.3 Å². The van der Waals surface area contributed by atoms with Gasteiger partial charge in [-0.3, -0.25) is 0 Å². The van der Waals surface area contributed by atoms with Crippen LogP contribution in [0.15, 0.2) is 127 Å². The van der Waals surface area contributed by atoms with E-state index in [0.717, 1.165) is 78.1 Å². The predicted molar refractivity (Wildman–Crippen MR) is 311 cm³/mol. The maximum absolute atomic E-state index is 9.31. The highest BCUT2D eigenvalue weighted by Crippen LogP contribution is 2.61. The number of aryl methyl sites for hydroxylation is 1. The van der Waals surface area contributed by atoms with E-state index >= 15 is 0 Å². The van der Waals surface area contributed by atoms with Gasteiger partial charge in [0.15, 0.2) is 0 Å². The van der Waals surface area contributed by atoms with Crippen molar-refractivity contribution in [3.63, 3.8) is 0 Å². The Morgan fingerprint density at radius 1 is 0.444 bits per heavy atom. The molecule has 0 amide bonds.